The second-order valence-corrected chi connectivity index (χ2v) is 6.39. The van der Waals surface area contributed by atoms with Crippen LogP contribution in [0.5, 0.6) is 5.75 Å². The smallest absolute Gasteiger partial charge is 0.262 e. The molecule has 2 heterocycles. The monoisotopic (exact) mass is 330 g/mol. The second-order valence-electron chi connectivity index (χ2n) is 5.35. The van der Waals surface area contributed by atoms with Crippen LogP contribution < -0.4 is 15.4 Å². The van der Waals surface area contributed by atoms with E-state index in [1.165, 1.54) is 4.88 Å². The Labute approximate surface area is 138 Å². The van der Waals surface area contributed by atoms with E-state index < -0.39 is 0 Å². The molecule has 3 rings (SSSR count). The zero-order valence-electron chi connectivity index (χ0n) is 12.6. The minimum atomic E-state index is -0.186. The van der Waals surface area contributed by atoms with Gasteiger partial charge in [0, 0.05) is 11.3 Å². The molecule has 120 valence electrons. The van der Waals surface area contributed by atoms with Crippen LogP contribution in [0.15, 0.2) is 35.7 Å². The van der Waals surface area contributed by atoms with Gasteiger partial charge in [-0.1, -0.05) is 12.1 Å². The fraction of sp³-hybridized carbons (Fsp3) is 0.294. The lowest BCUT2D eigenvalue weighted by atomic mass is 10.1. The molecule has 0 fully saturated rings. The summed E-state index contributed by atoms with van der Waals surface area (Å²) in [5, 5.41) is 7.66. The molecule has 5 nitrogen and oxygen atoms in total. The first-order valence-corrected chi connectivity index (χ1v) is 8.48. The predicted octanol–water partition coefficient (Wildman–Crippen LogP) is 3.43. The number of unbranched alkanes of at least 4 members (excludes halogenated alkanes) is 1. The van der Waals surface area contributed by atoms with Gasteiger partial charge in [-0.2, -0.15) is 0 Å². The van der Waals surface area contributed by atoms with Crippen molar-refractivity contribution in [3.63, 3.8) is 0 Å². The van der Waals surface area contributed by atoms with Gasteiger partial charge in [0.1, 0.15) is 0 Å². The third-order valence-corrected chi connectivity index (χ3v) is 4.50. The summed E-state index contributed by atoms with van der Waals surface area (Å²) in [5.74, 6) is 0.304. The van der Waals surface area contributed by atoms with Gasteiger partial charge in [-0.3, -0.25) is 9.59 Å². The van der Waals surface area contributed by atoms with Crippen LogP contribution in [-0.2, 0) is 16.0 Å². The van der Waals surface area contributed by atoms with Crippen molar-refractivity contribution in [2.75, 3.05) is 17.2 Å². The number of carbonyl (C=O) groups is 2. The molecule has 0 atom stereocenters. The molecule has 0 bridgehead atoms. The van der Waals surface area contributed by atoms with Gasteiger partial charge in [0.15, 0.2) is 12.4 Å². The molecule has 1 aromatic carbocycles. The number of aryl methyl sites for hydroxylation is 1. The quantitative estimate of drug-likeness (QED) is 0.797. The number of amides is 2. The van der Waals surface area contributed by atoms with Crippen molar-refractivity contribution in [3.05, 3.63) is 40.6 Å². The molecule has 1 aliphatic rings. The molecule has 2 N–H and O–H groups in total. The third kappa shape index (κ3) is 4.10. The van der Waals surface area contributed by atoms with Crippen LogP contribution in [-0.4, -0.2) is 18.4 Å². The van der Waals surface area contributed by atoms with Crippen molar-refractivity contribution in [3.8, 4) is 5.75 Å². The average molecular weight is 330 g/mol. The molecule has 0 saturated carbocycles. The average Bonchev–Trinajstić information content (AvgIpc) is 3.05. The number of carbonyl (C=O) groups excluding carboxylic acids is 2. The van der Waals surface area contributed by atoms with E-state index in [9.17, 15) is 9.59 Å². The minimum absolute atomic E-state index is 0.0271. The minimum Gasteiger partial charge on any atom is -0.479 e. The number of nitrogens with one attached hydrogen (secondary N) is 2. The number of hydrogen-bond acceptors (Lipinski definition) is 4. The molecule has 1 aliphatic heterocycles. The number of fused-ring (bicyclic) bond motifs is 1. The highest BCUT2D eigenvalue weighted by Gasteiger charge is 2.19. The molecule has 0 aliphatic carbocycles. The summed E-state index contributed by atoms with van der Waals surface area (Å²) in [6, 6.07) is 9.47. The lowest BCUT2D eigenvalue weighted by Gasteiger charge is -2.20. The zero-order chi connectivity index (χ0) is 16.1. The Morgan fingerprint density at radius 3 is 3.00 bits per heavy atom. The maximum Gasteiger partial charge on any atom is 0.262 e. The van der Waals surface area contributed by atoms with Crippen LogP contribution in [0, 0.1) is 0 Å². The Morgan fingerprint density at radius 1 is 1.26 bits per heavy atom. The van der Waals surface area contributed by atoms with Gasteiger partial charge in [-0.05, 0) is 42.8 Å². The molecule has 0 radical (unpaired) electrons. The largest absolute Gasteiger partial charge is 0.479 e. The maximum atomic E-state index is 12.1. The molecule has 2 amide bonds. The Kier molecular flexibility index (Phi) is 4.92. The number of ether oxygens (including phenoxy) is 1. The SMILES string of the molecule is O=C(CCCCc1cccs1)Nc1cccc2c1OCC(=O)N2. The number of rotatable bonds is 6. The van der Waals surface area contributed by atoms with Crippen molar-refractivity contribution >= 4 is 34.5 Å². The molecule has 0 spiro atoms. The van der Waals surface area contributed by atoms with Crippen molar-refractivity contribution in [1.82, 2.24) is 0 Å². The molecule has 2 aromatic rings. The Balaban J connectivity index is 1.50. The fourth-order valence-corrected chi connectivity index (χ4v) is 3.22. The third-order valence-electron chi connectivity index (χ3n) is 3.57. The Morgan fingerprint density at radius 2 is 2.17 bits per heavy atom. The highest BCUT2D eigenvalue weighted by Crippen LogP contribution is 2.35. The second kappa shape index (κ2) is 7.28. The van der Waals surface area contributed by atoms with Crippen molar-refractivity contribution in [1.29, 1.82) is 0 Å². The van der Waals surface area contributed by atoms with Crippen molar-refractivity contribution in [2.24, 2.45) is 0 Å². The number of thiophene rings is 1. The summed E-state index contributed by atoms with van der Waals surface area (Å²) in [6.45, 7) is -0.0271. The predicted molar refractivity (Wildman–Crippen MR) is 91.1 cm³/mol. The first-order valence-electron chi connectivity index (χ1n) is 7.60. The topological polar surface area (TPSA) is 67.4 Å². The van der Waals surface area contributed by atoms with E-state index in [4.69, 9.17) is 4.74 Å². The molecule has 23 heavy (non-hydrogen) atoms. The molecule has 0 saturated heterocycles. The highest BCUT2D eigenvalue weighted by molar-refractivity contribution is 7.09. The van der Waals surface area contributed by atoms with Gasteiger partial charge in [0.2, 0.25) is 5.91 Å². The summed E-state index contributed by atoms with van der Waals surface area (Å²) < 4.78 is 5.42. The van der Waals surface area contributed by atoms with Crippen LogP contribution in [0.25, 0.3) is 0 Å². The number of hydrogen-bond donors (Lipinski definition) is 2. The van der Waals surface area contributed by atoms with E-state index in [2.05, 4.69) is 22.1 Å². The van der Waals surface area contributed by atoms with Gasteiger partial charge in [0.25, 0.3) is 5.91 Å². The molecular formula is C17H18N2O3S. The summed E-state index contributed by atoms with van der Waals surface area (Å²) in [4.78, 5) is 24.7. The van der Waals surface area contributed by atoms with E-state index in [1.807, 2.05) is 6.07 Å². The lowest BCUT2D eigenvalue weighted by molar-refractivity contribution is -0.118. The molecule has 1 aromatic heterocycles. The first kappa shape index (κ1) is 15.6. The standard InChI is InChI=1S/C17H18N2O3S/c20-15(9-2-1-5-12-6-4-10-23-12)18-13-7-3-8-14-17(13)22-11-16(21)19-14/h3-4,6-8,10H,1-2,5,9,11H2,(H,18,20)(H,19,21). The normalized spacial score (nSPS) is 13.0. The van der Waals surface area contributed by atoms with Gasteiger partial charge >= 0.3 is 0 Å². The number of para-hydroxylation sites is 1. The molecule has 6 heteroatoms. The highest BCUT2D eigenvalue weighted by atomic mass is 32.1. The van der Waals surface area contributed by atoms with E-state index >= 15 is 0 Å². The zero-order valence-corrected chi connectivity index (χ0v) is 13.4. The van der Waals surface area contributed by atoms with Crippen LogP contribution in [0.1, 0.15) is 24.1 Å². The van der Waals surface area contributed by atoms with Gasteiger partial charge in [-0.15, -0.1) is 11.3 Å². The maximum absolute atomic E-state index is 12.1. The summed E-state index contributed by atoms with van der Waals surface area (Å²) in [6.07, 6.45) is 3.33. The summed E-state index contributed by atoms with van der Waals surface area (Å²) >= 11 is 1.75. The van der Waals surface area contributed by atoms with Crippen molar-refractivity contribution < 1.29 is 14.3 Å². The number of benzene rings is 1. The van der Waals surface area contributed by atoms with Crippen molar-refractivity contribution in [2.45, 2.75) is 25.7 Å². The summed E-state index contributed by atoms with van der Waals surface area (Å²) in [5.41, 5.74) is 1.20. The Hall–Kier alpha value is -2.34. The van der Waals surface area contributed by atoms with E-state index in [-0.39, 0.29) is 18.4 Å². The molecular weight excluding hydrogens is 312 g/mol. The van der Waals surface area contributed by atoms with Gasteiger partial charge in [-0.25, -0.2) is 0 Å². The van der Waals surface area contributed by atoms with Crippen LogP contribution in [0.2, 0.25) is 0 Å². The first-order chi connectivity index (χ1) is 11.2. The molecule has 0 unspecified atom stereocenters. The van der Waals surface area contributed by atoms with E-state index in [1.54, 1.807) is 29.5 Å². The lowest BCUT2D eigenvalue weighted by Crippen LogP contribution is -2.26. The van der Waals surface area contributed by atoms with Gasteiger partial charge < -0.3 is 15.4 Å². The van der Waals surface area contributed by atoms with Crippen LogP contribution in [0.4, 0.5) is 11.4 Å². The van der Waals surface area contributed by atoms with E-state index in [0.29, 0.717) is 23.5 Å². The summed E-state index contributed by atoms with van der Waals surface area (Å²) in [7, 11) is 0. The fourth-order valence-electron chi connectivity index (χ4n) is 2.47. The van der Waals surface area contributed by atoms with Crippen LogP contribution >= 0.6 is 11.3 Å². The van der Waals surface area contributed by atoms with Gasteiger partial charge in [0.05, 0.1) is 11.4 Å². The van der Waals surface area contributed by atoms with Crippen LogP contribution in [0.3, 0.4) is 0 Å². The Bertz CT molecular complexity index is 698. The van der Waals surface area contributed by atoms with E-state index in [0.717, 1.165) is 19.3 Å². The number of anilines is 2.